The Labute approximate surface area is 123 Å². The SMILES string of the molecule is CNC(Cc1ccccc1F)c1cc(F)c(Br)cc1F. The third-order valence-electron chi connectivity index (χ3n) is 3.15. The molecular formula is C15H13BrF3N. The van der Waals surface area contributed by atoms with Crippen LogP contribution in [0.2, 0.25) is 0 Å². The molecule has 106 valence electrons. The zero-order valence-corrected chi connectivity index (χ0v) is 12.3. The normalized spacial score (nSPS) is 12.4. The van der Waals surface area contributed by atoms with Gasteiger partial charge in [-0.05, 0) is 53.2 Å². The first-order valence-electron chi connectivity index (χ1n) is 6.08. The van der Waals surface area contributed by atoms with Gasteiger partial charge in [-0.15, -0.1) is 0 Å². The van der Waals surface area contributed by atoms with E-state index in [1.807, 2.05) is 0 Å². The van der Waals surface area contributed by atoms with Crippen molar-refractivity contribution in [2.45, 2.75) is 12.5 Å². The van der Waals surface area contributed by atoms with Crippen LogP contribution in [-0.4, -0.2) is 7.05 Å². The van der Waals surface area contributed by atoms with Crippen molar-refractivity contribution in [3.05, 3.63) is 69.4 Å². The van der Waals surface area contributed by atoms with E-state index >= 15 is 0 Å². The number of rotatable bonds is 4. The van der Waals surface area contributed by atoms with E-state index in [2.05, 4.69) is 21.2 Å². The minimum absolute atomic E-state index is 0.0690. The van der Waals surface area contributed by atoms with E-state index in [9.17, 15) is 13.2 Å². The highest BCUT2D eigenvalue weighted by Crippen LogP contribution is 2.26. The van der Waals surface area contributed by atoms with Gasteiger partial charge in [0.05, 0.1) is 4.47 Å². The van der Waals surface area contributed by atoms with Crippen LogP contribution in [0.4, 0.5) is 13.2 Å². The van der Waals surface area contributed by atoms with Crippen LogP contribution in [0.15, 0.2) is 40.9 Å². The number of halogens is 4. The molecule has 0 aromatic heterocycles. The summed E-state index contributed by atoms with van der Waals surface area (Å²) in [5.74, 6) is -1.44. The maximum Gasteiger partial charge on any atom is 0.137 e. The highest BCUT2D eigenvalue weighted by molar-refractivity contribution is 9.10. The molecule has 1 N–H and O–H groups in total. The summed E-state index contributed by atoms with van der Waals surface area (Å²) >= 11 is 2.93. The van der Waals surface area contributed by atoms with Crippen molar-refractivity contribution in [1.82, 2.24) is 5.32 Å². The van der Waals surface area contributed by atoms with Crippen LogP contribution in [0.1, 0.15) is 17.2 Å². The second-order valence-electron chi connectivity index (χ2n) is 4.42. The Morgan fingerprint density at radius 2 is 1.75 bits per heavy atom. The van der Waals surface area contributed by atoms with Gasteiger partial charge in [0.15, 0.2) is 0 Å². The van der Waals surface area contributed by atoms with Gasteiger partial charge in [-0.1, -0.05) is 18.2 Å². The Kier molecular flexibility index (Phi) is 4.83. The monoisotopic (exact) mass is 343 g/mol. The molecule has 2 aromatic rings. The van der Waals surface area contributed by atoms with Crippen LogP contribution in [0.3, 0.4) is 0 Å². The molecule has 5 heteroatoms. The first kappa shape index (κ1) is 15.1. The molecule has 0 saturated heterocycles. The van der Waals surface area contributed by atoms with Crippen molar-refractivity contribution in [3.63, 3.8) is 0 Å². The van der Waals surface area contributed by atoms with Crippen molar-refractivity contribution in [3.8, 4) is 0 Å². The number of hydrogen-bond acceptors (Lipinski definition) is 1. The summed E-state index contributed by atoms with van der Waals surface area (Å²) in [7, 11) is 1.63. The van der Waals surface area contributed by atoms with Crippen molar-refractivity contribution in [1.29, 1.82) is 0 Å². The average Bonchev–Trinajstić information content (AvgIpc) is 2.42. The molecule has 0 aliphatic rings. The van der Waals surface area contributed by atoms with Gasteiger partial charge in [0.1, 0.15) is 17.5 Å². The average molecular weight is 344 g/mol. The molecule has 0 aliphatic heterocycles. The predicted molar refractivity (Wildman–Crippen MR) is 76.0 cm³/mol. The van der Waals surface area contributed by atoms with Crippen LogP contribution < -0.4 is 5.32 Å². The summed E-state index contributed by atoms with van der Waals surface area (Å²) in [5.41, 5.74) is 0.631. The van der Waals surface area contributed by atoms with Crippen LogP contribution in [0, 0.1) is 17.5 Å². The van der Waals surface area contributed by atoms with E-state index in [0.717, 1.165) is 12.1 Å². The lowest BCUT2D eigenvalue weighted by Crippen LogP contribution is -2.21. The van der Waals surface area contributed by atoms with Gasteiger partial charge in [0.25, 0.3) is 0 Å². The number of hydrogen-bond donors (Lipinski definition) is 1. The maximum atomic E-state index is 13.9. The number of nitrogens with one attached hydrogen (secondary N) is 1. The minimum atomic E-state index is -0.546. The fraction of sp³-hybridized carbons (Fsp3) is 0.200. The Bertz CT molecular complexity index is 616. The van der Waals surface area contributed by atoms with Crippen LogP contribution in [0.25, 0.3) is 0 Å². The fourth-order valence-corrected chi connectivity index (χ4v) is 2.37. The van der Waals surface area contributed by atoms with Crippen LogP contribution in [0.5, 0.6) is 0 Å². The van der Waals surface area contributed by atoms with E-state index in [1.165, 1.54) is 6.07 Å². The Hall–Kier alpha value is -1.33. The molecule has 1 unspecified atom stereocenters. The molecule has 0 radical (unpaired) electrons. The van der Waals surface area contributed by atoms with Crippen molar-refractivity contribution in [2.24, 2.45) is 0 Å². The van der Waals surface area contributed by atoms with Crippen LogP contribution >= 0.6 is 15.9 Å². The maximum absolute atomic E-state index is 13.9. The first-order chi connectivity index (χ1) is 9.52. The zero-order valence-electron chi connectivity index (χ0n) is 10.8. The van der Waals surface area contributed by atoms with E-state index in [0.29, 0.717) is 5.56 Å². The van der Waals surface area contributed by atoms with Gasteiger partial charge in [0, 0.05) is 11.6 Å². The van der Waals surface area contributed by atoms with Crippen molar-refractivity contribution in [2.75, 3.05) is 7.05 Å². The van der Waals surface area contributed by atoms with Gasteiger partial charge < -0.3 is 5.32 Å². The fourth-order valence-electron chi connectivity index (χ4n) is 2.06. The summed E-state index contributed by atoms with van der Waals surface area (Å²) in [6.07, 6.45) is 0.237. The van der Waals surface area contributed by atoms with Gasteiger partial charge in [-0.3, -0.25) is 0 Å². The lowest BCUT2D eigenvalue weighted by molar-refractivity contribution is 0.510. The molecule has 20 heavy (non-hydrogen) atoms. The third-order valence-corrected chi connectivity index (χ3v) is 3.75. The minimum Gasteiger partial charge on any atom is -0.313 e. The Balaban J connectivity index is 2.34. The van der Waals surface area contributed by atoms with Crippen LogP contribution in [-0.2, 0) is 6.42 Å². The zero-order chi connectivity index (χ0) is 14.7. The van der Waals surface area contributed by atoms with E-state index in [4.69, 9.17) is 0 Å². The first-order valence-corrected chi connectivity index (χ1v) is 6.87. The molecule has 2 rings (SSSR count). The Morgan fingerprint density at radius 3 is 2.40 bits per heavy atom. The molecule has 0 bridgehead atoms. The topological polar surface area (TPSA) is 12.0 Å². The molecule has 0 heterocycles. The molecule has 0 saturated carbocycles. The number of likely N-dealkylation sites (N-methyl/N-ethyl adjacent to an activating group) is 1. The summed E-state index contributed by atoms with van der Waals surface area (Å²) in [6, 6.07) is 7.98. The van der Waals surface area contributed by atoms with E-state index < -0.39 is 17.7 Å². The van der Waals surface area contributed by atoms with Crippen molar-refractivity contribution < 1.29 is 13.2 Å². The second-order valence-corrected chi connectivity index (χ2v) is 5.28. The van der Waals surface area contributed by atoms with Gasteiger partial charge in [-0.25, -0.2) is 13.2 Å². The summed E-state index contributed by atoms with van der Waals surface area (Å²) in [4.78, 5) is 0. The Morgan fingerprint density at radius 1 is 1.05 bits per heavy atom. The van der Waals surface area contributed by atoms with E-state index in [1.54, 1.807) is 25.2 Å². The molecule has 1 nitrogen and oxygen atoms in total. The largest absolute Gasteiger partial charge is 0.313 e. The third kappa shape index (κ3) is 3.22. The molecular weight excluding hydrogens is 331 g/mol. The molecule has 0 spiro atoms. The quantitative estimate of drug-likeness (QED) is 0.813. The molecule has 0 fully saturated rings. The lowest BCUT2D eigenvalue weighted by Gasteiger charge is -2.18. The molecule has 1 atom stereocenters. The highest BCUT2D eigenvalue weighted by atomic mass is 79.9. The molecule has 0 aliphatic carbocycles. The molecule has 2 aromatic carbocycles. The second kappa shape index (κ2) is 6.41. The number of benzene rings is 2. The summed E-state index contributed by atoms with van der Waals surface area (Å²) in [5, 5.41) is 2.89. The standard InChI is InChI=1S/C15H13BrF3N/c1-20-15(6-9-4-2-3-5-12(9)17)10-7-14(19)11(16)8-13(10)18/h2-5,7-8,15,20H,6H2,1H3. The van der Waals surface area contributed by atoms with Crippen molar-refractivity contribution >= 4 is 15.9 Å². The van der Waals surface area contributed by atoms with Gasteiger partial charge >= 0.3 is 0 Å². The smallest absolute Gasteiger partial charge is 0.137 e. The van der Waals surface area contributed by atoms with E-state index in [-0.39, 0.29) is 22.3 Å². The van der Waals surface area contributed by atoms with Gasteiger partial charge in [-0.2, -0.15) is 0 Å². The predicted octanol–water partition coefficient (Wildman–Crippen LogP) is 4.37. The lowest BCUT2D eigenvalue weighted by atomic mass is 9.98. The summed E-state index contributed by atoms with van der Waals surface area (Å²) < 4.78 is 41.2. The highest BCUT2D eigenvalue weighted by Gasteiger charge is 2.18. The molecule has 0 amide bonds. The summed E-state index contributed by atoms with van der Waals surface area (Å²) in [6.45, 7) is 0. The van der Waals surface area contributed by atoms with Gasteiger partial charge in [0.2, 0.25) is 0 Å².